The van der Waals surface area contributed by atoms with E-state index in [1.54, 1.807) is 30.2 Å². The van der Waals surface area contributed by atoms with Gasteiger partial charge in [0.15, 0.2) is 0 Å². The smallest absolute Gasteiger partial charge is 0.150 e. The maximum absolute atomic E-state index is 5.30. The van der Waals surface area contributed by atoms with Gasteiger partial charge in [0.1, 0.15) is 10.1 Å². The summed E-state index contributed by atoms with van der Waals surface area (Å²) >= 11 is 3.51. The van der Waals surface area contributed by atoms with Crippen LogP contribution in [0.2, 0.25) is 0 Å². The molecule has 0 amide bonds. The highest BCUT2D eigenvalue weighted by Crippen LogP contribution is 2.28. The van der Waals surface area contributed by atoms with Crippen LogP contribution in [0.3, 0.4) is 0 Å². The Kier molecular flexibility index (Phi) is 5.88. The van der Waals surface area contributed by atoms with Crippen molar-refractivity contribution in [2.45, 2.75) is 24.2 Å². The van der Waals surface area contributed by atoms with E-state index in [9.17, 15) is 0 Å². The van der Waals surface area contributed by atoms with Gasteiger partial charge in [-0.15, -0.1) is 11.3 Å². The molecule has 3 nitrogen and oxygen atoms in total. The van der Waals surface area contributed by atoms with Gasteiger partial charge in [-0.05, 0) is 31.2 Å². The monoisotopic (exact) mass is 308 g/mol. The van der Waals surface area contributed by atoms with Gasteiger partial charge in [-0.2, -0.15) is 0 Å². The molecule has 108 valence electrons. The molecule has 0 fully saturated rings. The Morgan fingerprint density at radius 2 is 2.30 bits per heavy atom. The molecule has 1 heterocycles. The van der Waals surface area contributed by atoms with E-state index >= 15 is 0 Å². The van der Waals surface area contributed by atoms with Gasteiger partial charge in [0.05, 0.1) is 7.11 Å². The minimum atomic E-state index is 0.310. The van der Waals surface area contributed by atoms with E-state index in [1.807, 2.05) is 19.1 Å². The van der Waals surface area contributed by atoms with Crippen LogP contribution in [0.25, 0.3) is 0 Å². The lowest BCUT2D eigenvalue weighted by Gasteiger charge is -2.18. The van der Waals surface area contributed by atoms with Gasteiger partial charge in [0.25, 0.3) is 0 Å². The molecule has 0 saturated heterocycles. The zero-order valence-electron chi connectivity index (χ0n) is 12.1. The molecular weight excluding hydrogens is 288 g/mol. The number of nitrogens with one attached hydrogen (secondary N) is 1. The fourth-order valence-electron chi connectivity index (χ4n) is 1.93. The normalized spacial score (nSPS) is 12.3. The third-order valence-corrected chi connectivity index (χ3v) is 5.15. The van der Waals surface area contributed by atoms with E-state index in [0.29, 0.717) is 6.04 Å². The quantitative estimate of drug-likeness (QED) is 0.787. The molecule has 1 unspecified atom stereocenters. The SMILES string of the molecule is CCNC(CSc1nc(C)cs1)c1cccc(OC)c1. The second kappa shape index (κ2) is 7.67. The molecule has 2 rings (SSSR count). The van der Waals surface area contributed by atoms with Crippen molar-refractivity contribution < 1.29 is 4.74 Å². The van der Waals surface area contributed by atoms with Crippen LogP contribution in [0.1, 0.15) is 24.2 Å². The summed E-state index contributed by atoms with van der Waals surface area (Å²) in [6.07, 6.45) is 0. The molecule has 0 aliphatic rings. The molecule has 0 aliphatic heterocycles. The van der Waals surface area contributed by atoms with Crippen LogP contribution >= 0.6 is 23.1 Å². The largest absolute Gasteiger partial charge is 0.497 e. The number of rotatable bonds is 7. The van der Waals surface area contributed by atoms with Crippen molar-refractivity contribution in [3.8, 4) is 5.75 Å². The first-order valence-corrected chi connectivity index (χ1v) is 8.51. The summed E-state index contributed by atoms with van der Waals surface area (Å²) in [5, 5.41) is 5.62. The number of aromatic nitrogens is 1. The van der Waals surface area contributed by atoms with Crippen molar-refractivity contribution in [1.82, 2.24) is 10.3 Å². The molecule has 1 N–H and O–H groups in total. The van der Waals surface area contributed by atoms with Gasteiger partial charge in [-0.1, -0.05) is 30.8 Å². The van der Waals surface area contributed by atoms with Gasteiger partial charge < -0.3 is 10.1 Å². The maximum Gasteiger partial charge on any atom is 0.150 e. The van der Waals surface area contributed by atoms with Gasteiger partial charge in [0, 0.05) is 22.9 Å². The summed E-state index contributed by atoms with van der Waals surface area (Å²) in [6, 6.07) is 8.56. The molecule has 5 heteroatoms. The number of benzene rings is 1. The molecule has 0 saturated carbocycles. The van der Waals surface area contributed by atoms with Crippen LogP contribution in [-0.4, -0.2) is 24.4 Å². The highest BCUT2D eigenvalue weighted by atomic mass is 32.2. The van der Waals surface area contributed by atoms with Crippen molar-refractivity contribution in [2.75, 3.05) is 19.4 Å². The fraction of sp³-hybridized carbons (Fsp3) is 0.400. The maximum atomic E-state index is 5.30. The third kappa shape index (κ3) is 4.23. The molecule has 20 heavy (non-hydrogen) atoms. The summed E-state index contributed by atoms with van der Waals surface area (Å²) in [6.45, 7) is 5.11. The summed E-state index contributed by atoms with van der Waals surface area (Å²) in [4.78, 5) is 4.50. The lowest BCUT2D eigenvalue weighted by Crippen LogP contribution is -2.22. The Hall–Kier alpha value is -1.04. The first-order chi connectivity index (χ1) is 9.72. The molecule has 2 aromatic rings. The van der Waals surface area contributed by atoms with E-state index in [4.69, 9.17) is 4.74 Å². The van der Waals surface area contributed by atoms with E-state index in [0.717, 1.165) is 28.1 Å². The van der Waals surface area contributed by atoms with Crippen LogP contribution in [-0.2, 0) is 0 Å². The standard InChI is InChI=1S/C15H20N2OS2/c1-4-16-14(10-20-15-17-11(2)9-19-15)12-6-5-7-13(8-12)18-3/h5-9,14,16H,4,10H2,1-3H3. The minimum Gasteiger partial charge on any atom is -0.497 e. The molecule has 1 aromatic heterocycles. The van der Waals surface area contributed by atoms with E-state index in [-0.39, 0.29) is 0 Å². The van der Waals surface area contributed by atoms with E-state index < -0.39 is 0 Å². The zero-order chi connectivity index (χ0) is 14.4. The molecule has 1 atom stereocenters. The van der Waals surface area contributed by atoms with Gasteiger partial charge in [-0.25, -0.2) is 4.98 Å². The number of thioether (sulfide) groups is 1. The first kappa shape index (κ1) is 15.4. The number of nitrogens with zero attached hydrogens (tertiary/aromatic N) is 1. The van der Waals surface area contributed by atoms with E-state index in [1.165, 1.54) is 5.56 Å². The number of hydrogen-bond donors (Lipinski definition) is 1. The number of thiazole rings is 1. The first-order valence-electron chi connectivity index (χ1n) is 6.65. The summed E-state index contributed by atoms with van der Waals surface area (Å²) < 4.78 is 6.44. The number of hydrogen-bond acceptors (Lipinski definition) is 5. The molecule has 0 aliphatic carbocycles. The van der Waals surface area contributed by atoms with Gasteiger partial charge in [0.2, 0.25) is 0 Å². The van der Waals surface area contributed by atoms with Gasteiger partial charge >= 0.3 is 0 Å². The molecule has 0 bridgehead atoms. The predicted molar refractivity (Wildman–Crippen MR) is 87.0 cm³/mol. The lowest BCUT2D eigenvalue weighted by molar-refractivity contribution is 0.413. The van der Waals surface area contributed by atoms with Crippen LogP contribution in [0.5, 0.6) is 5.75 Å². The van der Waals surface area contributed by atoms with Crippen molar-refractivity contribution in [3.63, 3.8) is 0 Å². The average Bonchev–Trinajstić information content (AvgIpc) is 2.89. The Morgan fingerprint density at radius 3 is 2.95 bits per heavy atom. The minimum absolute atomic E-state index is 0.310. The van der Waals surface area contributed by atoms with E-state index in [2.05, 4.69) is 34.7 Å². The Balaban J connectivity index is 2.05. The highest BCUT2D eigenvalue weighted by molar-refractivity contribution is 8.01. The summed E-state index contributed by atoms with van der Waals surface area (Å²) in [7, 11) is 1.70. The topological polar surface area (TPSA) is 34.2 Å². The number of ether oxygens (including phenoxy) is 1. The van der Waals surface area contributed by atoms with Crippen LogP contribution in [0.15, 0.2) is 34.0 Å². The average molecular weight is 308 g/mol. The van der Waals surface area contributed by atoms with Crippen LogP contribution in [0.4, 0.5) is 0 Å². The predicted octanol–water partition coefficient (Wildman–Crippen LogP) is 3.90. The number of aryl methyl sites for hydroxylation is 1. The second-order valence-corrected chi connectivity index (χ2v) is 6.58. The number of methoxy groups -OCH3 is 1. The van der Waals surface area contributed by atoms with Crippen LogP contribution in [0, 0.1) is 6.92 Å². The summed E-state index contributed by atoms with van der Waals surface area (Å²) in [5.41, 5.74) is 2.35. The van der Waals surface area contributed by atoms with Gasteiger partial charge in [-0.3, -0.25) is 0 Å². The molecule has 0 spiro atoms. The summed E-state index contributed by atoms with van der Waals surface area (Å²) in [5.74, 6) is 1.87. The lowest BCUT2D eigenvalue weighted by atomic mass is 10.1. The molecule has 1 aromatic carbocycles. The second-order valence-electron chi connectivity index (χ2n) is 4.45. The van der Waals surface area contributed by atoms with Crippen molar-refractivity contribution in [2.24, 2.45) is 0 Å². The van der Waals surface area contributed by atoms with Crippen molar-refractivity contribution in [1.29, 1.82) is 0 Å². The Bertz CT molecular complexity index is 542. The molecular formula is C15H20N2OS2. The molecule has 0 radical (unpaired) electrons. The van der Waals surface area contributed by atoms with Crippen LogP contribution < -0.4 is 10.1 Å². The van der Waals surface area contributed by atoms with Crippen molar-refractivity contribution >= 4 is 23.1 Å². The third-order valence-electron chi connectivity index (χ3n) is 2.92. The fourth-order valence-corrected chi connectivity index (χ4v) is 3.90. The highest BCUT2D eigenvalue weighted by Gasteiger charge is 2.12. The Morgan fingerprint density at radius 1 is 1.45 bits per heavy atom. The van der Waals surface area contributed by atoms with Crippen molar-refractivity contribution in [3.05, 3.63) is 40.9 Å². The zero-order valence-corrected chi connectivity index (χ0v) is 13.7. The Labute approximate surface area is 128 Å².